The lowest BCUT2D eigenvalue weighted by atomic mass is 10.0. The van der Waals surface area contributed by atoms with Gasteiger partial charge in [0, 0.05) is 6.54 Å². The number of fused-ring (bicyclic) bond motifs is 1. The Bertz CT molecular complexity index is 879. The Hall–Kier alpha value is -2.68. The van der Waals surface area contributed by atoms with E-state index in [1.807, 2.05) is 0 Å². The third-order valence-electron chi connectivity index (χ3n) is 4.30. The van der Waals surface area contributed by atoms with Crippen LogP contribution in [0.2, 0.25) is 0 Å². The van der Waals surface area contributed by atoms with E-state index >= 15 is 0 Å². The molecule has 1 aliphatic heterocycles. The van der Waals surface area contributed by atoms with Crippen LogP contribution in [-0.4, -0.2) is 32.4 Å². The Kier molecular flexibility index (Phi) is 4.82. The third-order valence-corrected chi connectivity index (χ3v) is 4.30. The van der Waals surface area contributed by atoms with Crippen LogP contribution in [0.3, 0.4) is 0 Å². The van der Waals surface area contributed by atoms with Gasteiger partial charge in [0.15, 0.2) is 6.10 Å². The standard InChI is InChI=1S/C17H16F3N3O3/c18-17(19,20)11-4-1-3-10(7-11)14(24)16(26)23-6-2-5-13-12(8-23)15(25)22-9-21-13/h1,3-4,7,9,14,24H,2,5-6,8H2,(H,21,22,25)/t14-/m1/s1. The summed E-state index contributed by atoms with van der Waals surface area (Å²) in [4.78, 5) is 32.4. The molecule has 0 aliphatic carbocycles. The maximum Gasteiger partial charge on any atom is 0.416 e. The normalized spacial score (nSPS) is 15.9. The van der Waals surface area contributed by atoms with Gasteiger partial charge in [-0.2, -0.15) is 13.2 Å². The average Bonchev–Trinajstić information content (AvgIpc) is 2.83. The number of aryl methyl sites for hydroxylation is 1. The van der Waals surface area contributed by atoms with Crippen LogP contribution in [-0.2, 0) is 23.9 Å². The van der Waals surface area contributed by atoms with Crippen LogP contribution in [0.1, 0.15) is 34.9 Å². The molecule has 0 unspecified atom stereocenters. The maximum absolute atomic E-state index is 12.8. The molecular weight excluding hydrogens is 351 g/mol. The van der Waals surface area contributed by atoms with Crippen molar-refractivity contribution in [1.29, 1.82) is 0 Å². The van der Waals surface area contributed by atoms with E-state index < -0.39 is 23.8 Å². The number of carbonyl (C=O) groups is 1. The van der Waals surface area contributed by atoms with Crippen LogP contribution >= 0.6 is 0 Å². The van der Waals surface area contributed by atoms with E-state index in [-0.39, 0.29) is 24.2 Å². The van der Waals surface area contributed by atoms with Gasteiger partial charge in [-0.25, -0.2) is 4.98 Å². The summed E-state index contributed by atoms with van der Waals surface area (Å²) in [6.07, 6.45) is -3.99. The number of rotatable bonds is 2. The third kappa shape index (κ3) is 3.62. The molecule has 138 valence electrons. The quantitative estimate of drug-likeness (QED) is 0.848. The largest absolute Gasteiger partial charge is 0.416 e. The molecule has 0 fully saturated rings. The molecule has 0 saturated carbocycles. The number of halogens is 3. The van der Waals surface area contributed by atoms with E-state index in [1.165, 1.54) is 17.3 Å². The molecule has 3 rings (SSSR count). The van der Waals surface area contributed by atoms with Crippen molar-refractivity contribution < 1.29 is 23.1 Å². The van der Waals surface area contributed by atoms with Crippen LogP contribution < -0.4 is 5.56 Å². The zero-order valence-electron chi connectivity index (χ0n) is 13.6. The molecule has 9 heteroatoms. The summed E-state index contributed by atoms with van der Waals surface area (Å²) in [7, 11) is 0. The van der Waals surface area contributed by atoms with Crippen LogP contribution in [0.25, 0.3) is 0 Å². The predicted molar refractivity (Wildman–Crippen MR) is 85.0 cm³/mol. The van der Waals surface area contributed by atoms with E-state index in [0.717, 1.165) is 18.2 Å². The molecule has 1 atom stereocenters. The molecule has 1 amide bonds. The fourth-order valence-corrected chi connectivity index (χ4v) is 2.94. The van der Waals surface area contributed by atoms with Crippen molar-refractivity contribution in [3.05, 3.63) is 63.3 Å². The molecular formula is C17H16F3N3O3. The fraction of sp³-hybridized carbons (Fsp3) is 0.353. The number of nitrogens with one attached hydrogen (secondary N) is 1. The van der Waals surface area contributed by atoms with Crippen molar-refractivity contribution >= 4 is 5.91 Å². The van der Waals surface area contributed by atoms with Crippen molar-refractivity contribution in [1.82, 2.24) is 14.9 Å². The monoisotopic (exact) mass is 367 g/mol. The van der Waals surface area contributed by atoms with Gasteiger partial charge in [0.05, 0.1) is 29.7 Å². The number of aliphatic hydroxyl groups is 1. The Balaban J connectivity index is 1.85. The number of H-pyrrole nitrogens is 1. The SMILES string of the molecule is O=C([C@H](O)c1cccc(C(F)(F)F)c1)N1CCCc2nc[nH]c(=O)c2C1. The first kappa shape index (κ1) is 18.1. The molecule has 6 nitrogen and oxygen atoms in total. The number of amides is 1. The minimum absolute atomic E-state index is 0.0483. The number of alkyl halides is 3. The Morgan fingerprint density at radius 1 is 1.35 bits per heavy atom. The highest BCUT2D eigenvalue weighted by molar-refractivity contribution is 5.82. The minimum atomic E-state index is -4.57. The maximum atomic E-state index is 12.8. The van der Waals surface area contributed by atoms with Gasteiger partial charge in [-0.1, -0.05) is 12.1 Å². The number of hydrogen-bond acceptors (Lipinski definition) is 4. The van der Waals surface area contributed by atoms with E-state index in [0.29, 0.717) is 24.1 Å². The van der Waals surface area contributed by atoms with Gasteiger partial charge >= 0.3 is 6.18 Å². The molecule has 2 N–H and O–H groups in total. The first-order valence-electron chi connectivity index (χ1n) is 7.97. The number of carbonyl (C=O) groups excluding carboxylic acids is 1. The molecule has 0 bridgehead atoms. The van der Waals surface area contributed by atoms with Crippen molar-refractivity contribution in [2.75, 3.05) is 6.54 Å². The van der Waals surface area contributed by atoms with Crippen LogP contribution in [0, 0.1) is 0 Å². The molecule has 1 aliphatic rings. The summed E-state index contributed by atoms with van der Waals surface area (Å²) in [5.74, 6) is -0.750. The summed E-state index contributed by atoms with van der Waals surface area (Å²) < 4.78 is 38.5. The summed E-state index contributed by atoms with van der Waals surface area (Å²) in [6.45, 7) is 0.220. The topological polar surface area (TPSA) is 86.3 Å². The fourth-order valence-electron chi connectivity index (χ4n) is 2.94. The number of aliphatic hydroxyl groups excluding tert-OH is 1. The van der Waals surface area contributed by atoms with Gasteiger partial charge in [-0.05, 0) is 30.5 Å². The highest BCUT2D eigenvalue weighted by Crippen LogP contribution is 2.31. The highest BCUT2D eigenvalue weighted by Gasteiger charge is 2.32. The Labute approximate surface area is 146 Å². The zero-order chi connectivity index (χ0) is 18.9. The van der Waals surface area contributed by atoms with Gasteiger partial charge in [0.1, 0.15) is 0 Å². The van der Waals surface area contributed by atoms with Gasteiger partial charge in [0.25, 0.3) is 11.5 Å². The summed E-state index contributed by atoms with van der Waals surface area (Å²) in [5.41, 5.74) is -0.548. The first-order chi connectivity index (χ1) is 12.3. The molecule has 0 saturated heterocycles. The van der Waals surface area contributed by atoms with Crippen molar-refractivity contribution in [2.45, 2.75) is 31.7 Å². The molecule has 1 aromatic heterocycles. The number of aromatic amines is 1. The van der Waals surface area contributed by atoms with Crippen LogP contribution in [0.4, 0.5) is 13.2 Å². The summed E-state index contributed by atoms with van der Waals surface area (Å²) in [5, 5.41) is 10.3. The van der Waals surface area contributed by atoms with E-state index in [9.17, 15) is 27.9 Å². The number of nitrogens with zero attached hydrogens (tertiary/aromatic N) is 2. The first-order valence-corrected chi connectivity index (χ1v) is 7.97. The Morgan fingerprint density at radius 2 is 2.12 bits per heavy atom. The zero-order valence-corrected chi connectivity index (χ0v) is 13.6. The van der Waals surface area contributed by atoms with E-state index in [1.54, 1.807) is 0 Å². The van der Waals surface area contributed by atoms with Gasteiger partial charge in [-0.15, -0.1) is 0 Å². The Morgan fingerprint density at radius 3 is 2.85 bits per heavy atom. The summed E-state index contributed by atoms with van der Waals surface area (Å²) >= 11 is 0. The second kappa shape index (κ2) is 6.91. The van der Waals surface area contributed by atoms with Gasteiger partial charge < -0.3 is 15.0 Å². The molecule has 1 aromatic carbocycles. The smallest absolute Gasteiger partial charge is 0.378 e. The van der Waals surface area contributed by atoms with Crippen molar-refractivity contribution in [2.24, 2.45) is 0 Å². The number of benzene rings is 1. The molecule has 0 radical (unpaired) electrons. The molecule has 2 heterocycles. The number of hydrogen-bond donors (Lipinski definition) is 2. The molecule has 0 spiro atoms. The predicted octanol–water partition coefficient (Wildman–Crippen LogP) is 1.80. The van der Waals surface area contributed by atoms with Crippen LogP contribution in [0.5, 0.6) is 0 Å². The van der Waals surface area contributed by atoms with Crippen molar-refractivity contribution in [3.63, 3.8) is 0 Å². The second-order valence-electron chi connectivity index (χ2n) is 6.05. The number of aromatic nitrogens is 2. The van der Waals surface area contributed by atoms with Crippen molar-refractivity contribution in [3.8, 4) is 0 Å². The lowest BCUT2D eigenvalue weighted by Gasteiger charge is -2.24. The van der Waals surface area contributed by atoms with Crippen LogP contribution in [0.15, 0.2) is 35.4 Å². The van der Waals surface area contributed by atoms with Gasteiger partial charge in [-0.3, -0.25) is 9.59 Å². The highest BCUT2D eigenvalue weighted by atomic mass is 19.4. The average molecular weight is 367 g/mol. The lowest BCUT2D eigenvalue weighted by molar-refractivity contribution is -0.142. The lowest BCUT2D eigenvalue weighted by Crippen LogP contribution is -2.36. The second-order valence-corrected chi connectivity index (χ2v) is 6.05. The minimum Gasteiger partial charge on any atom is -0.378 e. The van der Waals surface area contributed by atoms with Gasteiger partial charge in [0.2, 0.25) is 0 Å². The molecule has 2 aromatic rings. The summed E-state index contributed by atoms with van der Waals surface area (Å²) in [6, 6.07) is 4.02. The van der Waals surface area contributed by atoms with E-state index in [2.05, 4.69) is 9.97 Å². The molecule has 26 heavy (non-hydrogen) atoms. The van der Waals surface area contributed by atoms with E-state index in [4.69, 9.17) is 0 Å².